The molecule has 1 aromatic rings. The third kappa shape index (κ3) is 3.18. The average Bonchev–Trinajstić information content (AvgIpc) is 2.25. The van der Waals surface area contributed by atoms with E-state index < -0.39 is 10.0 Å². The molecule has 1 rings (SSSR count). The van der Waals surface area contributed by atoms with Gasteiger partial charge in [0.05, 0.1) is 11.5 Å². The Kier molecular flexibility index (Phi) is 4.50. The number of hydrogen-bond acceptors (Lipinski definition) is 4. The van der Waals surface area contributed by atoms with Crippen molar-refractivity contribution in [1.29, 1.82) is 0 Å². The minimum absolute atomic E-state index is 0.0877. The number of benzene rings is 1. The van der Waals surface area contributed by atoms with Crippen molar-refractivity contribution in [1.82, 2.24) is 4.31 Å². The summed E-state index contributed by atoms with van der Waals surface area (Å²) < 4.78 is 25.8. The van der Waals surface area contributed by atoms with E-state index in [1.165, 1.54) is 16.4 Å². The summed E-state index contributed by atoms with van der Waals surface area (Å²) in [6.07, 6.45) is 0. The van der Waals surface area contributed by atoms with E-state index in [0.717, 1.165) is 0 Å². The number of rotatable bonds is 5. The van der Waals surface area contributed by atoms with Crippen molar-refractivity contribution < 1.29 is 13.5 Å². The van der Waals surface area contributed by atoms with Gasteiger partial charge >= 0.3 is 0 Å². The number of aliphatic hydroxyl groups is 1. The van der Waals surface area contributed by atoms with Crippen molar-refractivity contribution in [3.05, 3.63) is 24.3 Å². The zero-order valence-corrected chi connectivity index (χ0v) is 10.8. The molecule has 17 heavy (non-hydrogen) atoms. The van der Waals surface area contributed by atoms with Crippen LogP contribution in [-0.2, 0) is 10.0 Å². The fraction of sp³-hybridized carbons (Fsp3) is 0.455. The first-order valence-corrected chi connectivity index (χ1v) is 6.82. The molecule has 3 N–H and O–H groups in total. The molecule has 0 saturated carbocycles. The quantitative estimate of drug-likeness (QED) is 0.760. The Morgan fingerprint density at radius 1 is 1.29 bits per heavy atom. The van der Waals surface area contributed by atoms with Gasteiger partial charge in [-0.15, -0.1) is 0 Å². The van der Waals surface area contributed by atoms with Crippen molar-refractivity contribution in [2.24, 2.45) is 0 Å². The molecular weight excluding hydrogens is 240 g/mol. The molecule has 0 fully saturated rings. The standard InChI is InChI=1S/C11H18N2O3S/c1-9(2)13(7-8-14)17(15,16)11-5-3-10(12)4-6-11/h3-6,9,14H,7-8,12H2,1-2H3. The number of sulfonamides is 1. The van der Waals surface area contributed by atoms with Crippen LogP contribution in [0, 0.1) is 0 Å². The maximum atomic E-state index is 12.2. The Bertz CT molecular complexity index is 454. The highest BCUT2D eigenvalue weighted by Gasteiger charge is 2.26. The van der Waals surface area contributed by atoms with Gasteiger partial charge in [-0.2, -0.15) is 4.31 Å². The highest BCUT2D eigenvalue weighted by molar-refractivity contribution is 7.89. The molecule has 0 atom stereocenters. The van der Waals surface area contributed by atoms with Crippen LogP contribution in [0.1, 0.15) is 13.8 Å². The molecule has 0 saturated heterocycles. The van der Waals surface area contributed by atoms with Crippen LogP contribution < -0.4 is 5.73 Å². The van der Waals surface area contributed by atoms with Crippen molar-refractivity contribution in [3.63, 3.8) is 0 Å². The zero-order valence-electron chi connectivity index (χ0n) is 10.00. The third-order valence-corrected chi connectivity index (χ3v) is 4.47. The first-order valence-electron chi connectivity index (χ1n) is 5.38. The SMILES string of the molecule is CC(C)N(CCO)S(=O)(=O)c1ccc(N)cc1. The number of hydrogen-bond donors (Lipinski definition) is 2. The normalized spacial score (nSPS) is 12.3. The number of nitrogen functional groups attached to an aromatic ring is 1. The summed E-state index contributed by atoms with van der Waals surface area (Å²) >= 11 is 0. The van der Waals surface area contributed by atoms with E-state index in [1.54, 1.807) is 26.0 Å². The van der Waals surface area contributed by atoms with Gasteiger partial charge in [0.2, 0.25) is 10.0 Å². The maximum absolute atomic E-state index is 12.2. The highest BCUT2D eigenvalue weighted by atomic mass is 32.2. The first kappa shape index (κ1) is 14.0. The largest absolute Gasteiger partial charge is 0.399 e. The van der Waals surface area contributed by atoms with Crippen LogP contribution in [0.2, 0.25) is 0 Å². The highest BCUT2D eigenvalue weighted by Crippen LogP contribution is 2.18. The topological polar surface area (TPSA) is 83.6 Å². The molecule has 5 nitrogen and oxygen atoms in total. The molecule has 0 amide bonds. The molecular formula is C11H18N2O3S. The second-order valence-electron chi connectivity index (χ2n) is 4.00. The molecule has 6 heteroatoms. The smallest absolute Gasteiger partial charge is 0.243 e. The lowest BCUT2D eigenvalue weighted by Gasteiger charge is -2.25. The van der Waals surface area contributed by atoms with Crippen molar-refractivity contribution in [2.75, 3.05) is 18.9 Å². The summed E-state index contributed by atoms with van der Waals surface area (Å²) in [6, 6.07) is 5.83. The molecule has 0 unspecified atom stereocenters. The van der Waals surface area contributed by atoms with Crippen LogP contribution in [0.5, 0.6) is 0 Å². The van der Waals surface area contributed by atoms with Gasteiger partial charge in [0.25, 0.3) is 0 Å². The summed E-state index contributed by atoms with van der Waals surface area (Å²) in [7, 11) is -3.56. The fourth-order valence-corrected chi connectivity index (χ4v) is 3.16. The van der Waals surface area contributed by atoms with Crippen molar-refractivity contribution in [2.45, 2.75) is 24.8 Å². The molecule has 96 valence electrons. The lowest BCUT2D eigenvalue weighted by molar-refractivity contribution is 0.236. The zero-order chi connectivity index (χ0) is 13.1. The van der Waals surface area contributed by atoms with Gasteiger partial charge in [-0.1, -0.05) is 0 Å². The second kappa shape index (κ2) is 5.48. The summed E-state index contributed by atoms with van der Waals surface area (Å²) in [6.45, 7) is 3.42. The van der Waals surface area contributed by atoms with E-state index in [-0.39, 0.29) is 24.1 Å². The molecule has 0 aromatic heterocycles. The maximum Gasteiger partial charge on any atom is 0.243 e. The van der Waals surface area contributed by atoms with Crippen LogP contribution in [0.4, 0.5) is 5.69 Å². The van der Waals surface area contributed by atoms with Gasteiger partial charge < -0.3 is 10.8 Å². The van der Waals surface area contributed by atoms with E-state index in [2.05, 4.69) is 0 Å². The van der Waals surface area contributed by atoms with Crippen LogP contribution in [-0.4, -0.2) is 37.0 Å². The molecule has 0 aliphatic rings. The predicted molar refractivity (Wildman–Crippen MR) is 67.0 cm³/mol. The monoisotopic (exact) mass is 258 g/mol. The van der Waals surface area contributed by atoms with E-state index in [4.69, 9.17) is 10.8 Å². The molecule has 0 spiro atoms. The Labute approximate surface area is 102 Å². The number of nitrogens with two attached hydrogens (primary N) is 1. The van der Waals surface area contributed by atoms with Gasteiger partial charge in [-0.25, -0.2) is 8.42 Å². The molecule has 0 aliphatic heterocycles. The Morgan fingerprint density at radius 3 is 2.24 bits per heavy atom. The fourth-order valence-electron chi connectivity index (χ4n) is 1.53. The van der Waals surface area contributed by atoms with Crippen LogP contribution in [0.15, 0.2) is 29.2 Å². The van der Waals surface area contributed by atoms with Crippen LogP contribution >= 0.6 is 0 Å². The van der Waals surface area contributed by atoms with Gasteiger partial charge in [-0.3, -0.25) is 0 Å². The Hall–Kier alpha value is -1.11. The minimum Gasteiger partial charge on any atom is -0.399 e. The van der Waals surface area contributed by atoms with E-state index in [0.29, 0.717) is 5.69 Å². The van der Waals surface area contributed by atoms with Crippen molar-refractivity contribution in [3.8, 4) is 0 Å². The van der Waals surface area contributed by atoms with E-state index in [9.17, 15) is 8.42 Å². The predicted octanol–water partition coefficient (Wildman–Crippen LogP) is 0.660. The van der Waals surface area contributed by atoms with E-state index in [1.807, 2.05) is 0 Å². The van der Waals surface area contributed by atoms with E-state index >= 15 is 0 Å². The third-order valence-electron chi connectivity index (χ3n) is 2.38. The summed E-state index contributed by atoms with van der Waals surface area (Å²) in [4.78, 5) is 0.189. The Morgan fingerprint density at radius 2 is 1.82 bits per heavy atom. The van der Waals surface area contributed by atoms with Gasteiger partial charge in [0.15, 0.2) is 0 Å². The minimum atomic E-state index is -3.56. The van der Waals surface area contributed by atoms with Gasteiger partial charge in [0, 0.05) is 18.3 Å². The average molecular weight is 258 g/mol. The molecule has 0 bridgehead atoms. The van der Waals surface area contributed by atoms with Crippen LogP contribution in [0.3, 0.4) is 0 Å². The molecule has 0 aliphatic carbocycles. The van der Waals surface area contributed by atoms with Crippen molar-refractivity contribution >= 4 is 15.7 Å². The number of aliphatic hydroxyl groups excluding tert-OH is 1. The summed E-state index contributed by atoms with van der Waals surface area (Å²) in [5, 5.41) is 8.91. The summed E-state index contributed by atoms with van der Waals surface area (Å²) in [5.41, 5.74) is 6.03. The van der Waals surface area contributed by atoms with Gasteiger partial charge in [0.1, 0.15) is 0 Å². The molecule has 1 aromatic carbocycles. The lowest BCUT2D eigenvalue weighted by Crippen LogP contribution is -2.38. The lowest BCUT2D eigenvalue weighted by atomic mass is 10.3. The number of anilines is 1. The molecule has 0 heterocycles. The molecule has 0 radical (unpaired) electrons. The number of nitrogens with zero attached hydrogens (tertiary/aromatic N) is 1. The first-order chi connectivity index (χ1) is 7.89. The summed E-state index contributed by atoms with van der Waals surface area (Å²) in [5.74, 6) is 0. The van der Waals surface area contributed by atoms with Gasteiger partial charge in [-0.05, 0) is 38.1 Å². The van der Waals surface area contributed by atoms with Crippen LogP contribution in [0.25, 0.3) is 0 Å². The second-order valence-corrected chi connectivity index (χ2v) is 5.89. The Balaban J connectivity index is 3.12.